The van der Waals surface area contributed by atoms with Crippen LogP contribution in [0, 0.1) is 50.5 Å². The van der Waals surface area contributed by atoms with Crippen molar-refractivity contribution in [2.24, 2.45) is 45.6 Å². The molecule has 0 N–H and O–H groups in total. The average Bonchev–Trinajstić information content (AvgIpc) is 3.08. The van der Waals surface area contributed by atoms with E-state index in [0.29, 0.717) is 23.5 Å². The fourth-order valence-corrected chi connectivity index (χ4v) is 8.58. The van der Waals surface area contributed by atoms with Crippen LogP contribution in [0.15, 0.2) is 16.8 Å². The quantitative estimate of drug-likeness (QED) is 0.125. The molecule has 4 aliphatic rings. The molecule has 0 heterocycles. The first-order valence-corrected chi connectivity index (χ1v) is 13.2. The van der Waals surface area contributed by atoms with E-state index in [9.17, 15) is 19.7 Å². The number of hydrogen-bond acceptors (Lipinski definition) is 7. The minimum atomic E-state index is -0.388. The lowest BCUT2D eigenvalue weighted by atomic mass is 9.47. The van der Waals surface area contributed by atoms with Crippen molar-refractivity contribution in [3.05, 3.63) is 21.8 Å². The van der Waals surface area contributed by atoms with Crippen LogP contribution in [0.25, 0.3) is 0 Å². The van der Waals surface area contributed by atoms with Gasteiger partial charge in [-0.2, -0.15) is 0 Å². The highest BCUT2D eigenvalue weighted by molar-refractivity contribution is 5.86. The minimum absolute atomic E-state index is 0.0257. The first kappa shape index (κ1) is 25.8. The molecule has 8 atom stereocenters. The number of carbonyl (C=O) groups is 2. The Balaban J connectivity index is 1.62. The summed E-state index contributed by atoms with van der Waals surface area (Å²) in [5.74, 6) is 0.589. The van der Waals surface area contributed by atoms with Crippen LogP contribution in [-0.2, 0) is 19.2 Å². The molecule has 0 amide bonds. The van der Waals surface area contributed by atoms with Gasteiger partial charge in [-0.05, 0) is 74.0 Å². The van der Waals surface area contributed by atoms with Crippen molar-refractivity contribution < 1.29 is 24.1 Å². The van der Waals surface area contributed by atoms with E-state index in [1.807, 2.05) is 6.92 Å². The van der Waals surface area contributed by atoms with E-state index in [2.05, 4.69) is 25.1 Å². The number of hydrogen-bond donors (Lipinski definition) is 0. The molecule has 0 radical (unpaired) electrons. The Hall–Kier alpha value is -2.25. The van der Waals surface area contributed by atoms with Gasteiger partial charge >= 0.3 is 11.9 Å². The van der Waals surface area contributed by atoms with Gasteiger partial charge in [-0.3, -0.25) is 14.9 Å². The zero-order valence-corrected chi connectivity index (χ0v) is 21.7. The van der Waals surface area contributed by atoms with Crippen molar-refractivity contribution in [2.75, 3.05) is 6.54 Å². The van der Waals surface area contributed by atoms with E-state index in [1.54, 1.807) is 6.92 Å². The molecule has 8 nitrogen and oxygen atoms in total. The Bertz CT molecular complexity index is 944. The Morgan fingerprint density at radius 2 is 1.94 bits per heavy atom. The van der Waals surface area contributed by atoms with E-state index in [0.717, 1.165) is 44.9 Å². The van der Waals surface area contributed by atoms with Crippen LogP contribution >= 0.6 is 0 Å². The molecular weight excluding hydrogens is 448 g/mol. The third-order valence-corrected chi connectivity index (χ3v) is 9.98. The predicted molar refractivity (Wildman–Crippen MR) is 131 cm³/mol. The maximum absolute atomic E-state index is 11.7. The number of carbonyl (C=O) groups excluding carboxylic acids is 2. The fraction of sp³-hybridized carbons (Fsp3) is 0.815. The third-order valence-electron chi connectivity index (χ3n) is 9.98. The van der Waals surface area contributed by atoms with Crippen molar-refractivity contribution in [1.29, 1.82) is 0 Å². The molecule has 0 aromatic rings. The van der Waals surface area contributed by atoms with Gasteiger partial charge < -0.3 is 9.57 Å². The third kappa shape index (κ3) is 4.65. The predicted octanol–water partition coefficient (Wildman–Crippen LogP) is 5.33. The van der Waals surface area contributed by atoms with Gasteiger partial charge in [-0.1, -0.05) is 37.6 Å². The van der Waals surface area contributed by atoms with Crippen LogP contribution in [0.5, 0.6) is 0 Å². The maximum Gasteiger partial charge on any atom is 0.334 e. The number of nitro groups is 1. The average molecular weight is 489 g/mol. The lowest BCUT2D eigenvalue weighted by molar-refractivity contribution is -0.489. The molecule has 0 bridgehead atoms. The van der Waals surface area contributed by atoms with Crippen LogP contribution in [-0.4, -0.2) is 35.2 Å². The molecular formula is C27H40N2O6. The van der Waals surface area contributed by atoms with Crippen LogP contribution in [0.3, 0.4) is 0 Å². The van der Waals surface area contributed by atoms with E-state index in [4.69, 9.17) is 9.57 Å². The highest BCUT2D eigenvalue weighted by Gasteiger charge is 2.62. The minimum Gasteiger partial charge on any atom is -0.462 e. The van der Waals surface area contributed by atoms with Gasteiger partial charge in [0.2, 0.25) is 6.54 Å². The first-order chi connectivity index (χ1) is 16.5. The summed E-state index contributed by atoms with van der Waals surface area (Å²) < 4.78 is 5.55. The lowest BCUT2D eigenvalue weighted by Gasteiger charge is -2.58. The Morgan fingerprint density at radius 1 is 1.20 bits per heavy atom. The Morgan fingerprint density at radius 3 is 2.60 bits per heavy atom. The summed E-state index contributed by atoms with van der Waals surface area (Å²) in [5, 5.41) is 15.8. The normalized spacial score (nSPS) is 40.6. The number of ether oxygens (including phenoxy) is 1. The van der Waals surface area contributed by atoms with Crippen molar-refractivity contribution in [1.82, 2.24) is 0 Å². The zero-order chi connectivity index (χ0) is 25.5. The van der Waals surface area contributed by atoms with Crippen LogP contribution in [0.4, 0.5) is 0 Å². The zero-order valence-electron chi connectivity index (χ0n) is 21.7. The van der Waals surface area contributed by atoms with Crippen molar-refractivity contribution in [3.63, 3.8) is 0 Å². The second-order valence-electron chi connectivity index (χ2n) is 11.8. The monoisotopic (exact) mass is 488 g/mol. The molecule has 8 heteroatoms. The second kappa shape index (κ2) is 9.66. The Labute approximate surface area is 208 Å². The van der Waals surface area contributed by atoms with Gasteiger partial charge in [0.05, 0.1) is 5.71 Å². The summed E-state index contributed by atoms with van der Waals surface area (Å²) in [4.78, 5) is 39.7. The smallest absolute Gasteiger partial charge is 0.334 e. The number of rotatable bonds is 6. The highest BCUT2D eigenvalue weighted by atomic mass is 16.7. The topological polar surface area (TPSA) is 108 Å². The molecule has 0 aromatic carbocycles. The molecule has 4 aliphatic carbocycles. The van der Waals surface area contributed by atoms with E-state index in [-0.39, 0.29) is 58.6 Å². The number of nitrogens with zero attached hydrogens (tertiary/aromatic N) is 2. The molecule has 0 unspecified atom stereocenters. The summed E-state index contributed by atoms with van der Waals surface area (Å²) in [7, 11) is 0. The standard InChI is InChI=1S/C27H40N2O6/c1-6-24(31)35-28-16(2)25-18(15-29(32)33)13-23-21-8-7-19-14-20(34-17(3)30)9-11-26(19,4)22(21)10-12-27(23,25)5/h7,18,20-23,25H,6,8-15H2,1-5H3/b28-16-/t18-,20+,21+,22+,23+,25+,26-,27-/m0/s1. The second-order valence-corrected chi connectivity index (χ2v) is 11.8. The Kier molecular flexibility index (Phi) is 7.13. The molecule has 0 aromatic heterocycles. The van der Waals surface area contributed by atoms with Gasteiger partial charge in [-0.25, -0.2) is 4.79 Å². The summed E-state index contributed by atoms with van der Waals surface area (Å²) in [6, 6.07) is 0. The molecule has 35 heavy (non-hydrogen) atoms. The molecule has 0 saturated heterocycles. The number of oxime groups is 1. The van der Waals surface area contributed by atoms with Crippen molar-refractivity contribution in [2.45, 2.75) is 92.1 Å². The van der Waals surface area contributed by atoms with E-state index in [1.165, 1.54) is 12.5 Å². The molecule has 194 valence electrons. The SMILES string of the molecule is CCC(=O)O/N=C(/C)[C@@H]1[C@H](C[N+](=O)[O-])C[C@@H]2[C@@H]3CC=C4C[C@H](OC(C)=O)CC[C@]4(C)[C@@H]3CC[C@@]21C. The molecule has 4 rings (SSSR count). The van der Waals surface area contributed by atoms with Gasteiger partial charge in [-0.15, -0.1) is 0 Å². The summed E-state index contributed by atoms with van der Waals surface area (Å²) in [6.07, 6.45) is 9.18. The fourth-order valence-electron chi connectivity index (χ4n) is 8.58. The van der Waals surface area contributed by atoms with Crippen LogP contribution in [0.1, 0.15) is 86.0 Å². The molecule has 0 aliphatic heterocycles. The molecule has 0 spiro atoms. The van der Waals surface area contributed by atoms with Crippen molar-refractivity contribution in [3.8, 4) is 0 Å². The van der Waals surface area contributed by atoms with E-state index >= 15 is 0 Å². The van der Waals surface area contributed by atoms with E-state index < -0.39 is 0 Å². The number of esters is 1. The van der Waals surface area contributed by atoms with Gasteiger partial charge in [0.25, 0.3) is 0 Å². The van der Waals surface area contributed by atoms with Crippen LogP contribution in [0.2, 0.25) is 0 Å². The van der Waals surface area contributed by atoms with Gasteiger partial charge in [0.1, 0.15) is 6.10 Å². The lowest BCUT2D eigenvalue weighted by Crippen LogP contribution is -2.51. The number of allylic oxidation sites excluding steroid dienone is 1. The largest absolute Gasteiger partial charge is 0.462 e. The number of fused-ring (bicyclic) bond motifs is 5. The van der Waals surface area contributed by atoms with Gasteiger partial charge in [0.15, 0.2) is 0 Å². The maximum atomic E-state index is 11.7. The summed E-state index contributed by atoms with van der Waals surface area (Å²) >= 11 is 0. The van der Waals surface area contributed by atoms with Gasteiger partial charge in [0, 0.05) is 36.5 Å². The first-order valence-electron chi connectivity index (χ1n) is 13.2. The van der Waals surface area contributed by atoms with Crippen LogP contribution < -0.4 is 0 Å². The summed E-state index contributed by atoms with van der Waals surface area (Å²) in [5.41, 5.74) is 2.13. The molecule has 3 fully saturated rings. The van der Waals surface area contributed by atoms with Crippen molar-refractivity contribution >= 4 is 17.7 Å². The summed E-state index contributed by atoms with van der Waals surface area (Å²) in [6.45, 7) is 9.68. The highest BCUT2D eigenvalue weighted by Crippen LogP contribution is 2.67. The molecule has 3 saturated carbocycles.